The van der Waals surface area contributed by atoms with E-state index in [-0.39, 0.29) is 29.5 Å². The van der Waals surface area contributed by atoms with Gasteiger partial charge >= 0.3 is 0 Å². The van der Waals surface area contributed by atoms with E-state index in [1.165, 1.54) is 50.5 Å². The Morgan fingerprint density at radius 3 is 2.13 bits per heavy atom. The third kappa shape index (κ3) is 4.67. The zero-order valence-electron chi connectivity index (χ0n) is 17.1. The number of hydrogen-bond acceptors (Lipinski definition) is 6. The highest BCUT2D eigenvalue weighted by molar-refractivity contribution is 7.91. The molecule has 30 heavy (non-hydrogen) atoms. The van der Waals surface area contributed by atoms with E-state index in [1.807, 2.05) is 0 Å². The molecule has 2 aromatic carbocycles. The van der Waals surface area contributed by atoms with Crippen molar-refractivity contribution in [2.75, 3.05) is 32.8 Å². The van der Waals surface area contributed by atoms with Gasteiger partial charge in [0.05, 0.1) is 32.8 Å². The summed E-state index contributed by atoms with van der Waals surface area (Å²) in [5, 5.41) is 0. The molecule has 0 aromatic heterocycles. The van der Waals surface area contributed by atoms with Crippen molar-refractivity contribution in [3.8, 4) is 17.2 Å². The van der Waals surface area contributed by atoms with E-state index >= 15 is 0 Å². The number of halogens is 1. The van der Waals surface area contributed by atoms with E-state index in [0.717, 1.165) is 0 Å². The van der Waals surface area contributed by atoms with Crippen LogP contribution in [0.25, 0.3) is 0 Å². The predicted molar refractivity (Wildman–Crippen MR) is 109 cm³/mol. The molecule has 1 saturated heterocycles. The quantitative estimate of drug-likeness (QED) is 0.663. The van der Waals surface area contributed by atoms with Gasteiger partial charge in [0.2, 0.25) is 5.75 Å². The molecule has 1 amide bonds. The molecule has 0 spiro atoms. The van der Waals surface area contributed by atoms with Crippen LogP contribution in [0.4, 0.5) is 4.39 Å². The molecule has 162 valence electrons. The summed E-state index contributed by atoms with van der Waals surface area (Å²) in [6, 6.07) is 8.15. The molecule has 1 heterocycles. The van der Waals surface area contributed by atoms with Crippen LogP contribution in [-0.2, 0) is 16.4 Å². The third-order valence-corrected chi connectivity index (χ3v) is 6.83. The summed E-state index contributed by atoms with van der Waals surface area (Å²) in [6.07, 6.45) is 0.347. The highest BCUT2D eigenvalue weighted by Crippen LogP contribution is 2.39. The Hall–Kier alpha value is -2.81. The number of hydrogen-bond donors (Lipinski definition) is 0. The highest BCUT2D eigenvalue weighted by Gasteiger charge is 2.35. The van der Waals surface area contributed by atoms with Gasteiger partial charge in [-0.15, -0.1) is 0 Å². The molecule has 0 N–H and O–H groups in total. The number of rotatable bonds is 7. The van der Waals surface area contributed by atoms with Crippen LogP contribution in [0.3, 0.4) is 0 Å². The van der Waals surface area contributed by atoms with Crippen molar-refractivity contribution in [1.82, 2.24) is 4.90 Å². The zero-order chi connectivity index (χ0) is 21.9. The van der Waals surface area contributed by atoms with Gasteiger partial charge in [0.1, 0.15) is 5.82 Å². The summed E-state index contributed by atoms with van der Waals surface area (Å²) in [5.41, 5.74) is 0.970. The standard InChI is InChI=1S/C21H24FNO6S/c1-27-18-10-14(11-19(28-2)20(18)29-3)12-23(17-8-9-30(25,26)13-17)21(24)15-4-6-16(22)7-5-15/h4-7,10-11,17H,8-9,12-13H2,1-3H3/t17-/m0/s1. The number of ether oxygens (including phenoxy) is 3. The SMILES string of the molecule is COc1cc(CN(C(=O)c2ccc(F)cc2)[C@H]2CCS(=O)(=O)C2)cc(OC)c1OC. The fourth-order valence-electron chi connectivity index (χ4n) is 3.57. The molecule has 0 unspecified atom stereocenters. The molecular weight excluding hydrogens is 413 g/mol. The predicted octanol–water partition coefficient (Wildman–Crippen LogP) is 2.68. The molecule has 0 bridgehead atoms. The molecule has 0 radical (unpaired) electrons. The number of amides is 1. The fourth-order valence-corrected chi connectivity index (χ4v) is 5.30. The van der Waals surface area contributed by atoms with Crippen LogP contribution >= 0.6 is 0 Å². The summed E-state index contributed by atoms with van der Waals surface area (Å²) in [5.74, 6) is 0.380. The van der Waals surface area contributed by atoms with Crippen LogP contribution in [-0.4, -0.2) is 58.1 Å². The van der Waals surface area contributed by atoms with Crippen LogP contribution in [0.2, 0.25) is 0 Å². The normalized spacial score (nSPS) is 17.4. The second kappa shape index (κ2) is 8.91. The van der Waals surface area contributed by atoms with Gasteiger partial charge in [-0.3, -0.25) is 4.79 Å². The highest BCUT2D eigenvalue weighted by atomic mass is 32.2. The fraction of sp³-hybridized carbons (Fsp3) is 0.381. The van der Waals surface area contributed by atoms with E-state index < -0.39 is 21.7 Å². The maximum absolute atomic E-state index is 13.3. The average Bonchev–Trinajstić information content (AvgIpc) is 3.10. The van der Waals surface area contributed by atoms with Crippen LogP contribution in [0, 0.1) is 5.82 Å². The first-order valence-corrected chi connectivity index (χ1v) is 11.2. The first kappa shape index (κ1) is 21.9. The van der Waals surface area contributed by atoms with Crippen LogP contribution in [0.15, 0.2) is 36.4 Å². The Balaban J connectivity index is 1.99. The summed E-state index contributed by atoms with van der Waals surface area (Å²) in [4.78, 5) is 14.7. The number of sulfone groups is 1. The molecule has 1 aliphatic heterocycles. The van der Waals surface area contributed by atoms with Gasteiger partial charge in [0, 0.05) is 18.2 Å². The summed E-state index contributed by atoms with van der Waals surface area (Å²) < 4.78 is 53.5. The van der Waals surface area contributed by atoms with Crippen molar-refractivity contribution in [1.29, 1.82) is 0 Å². The van der Waals surface area contributed by atoms with Crippen LogP contribution in [0.5, 0.6) is 17.2 Å². The second-order valence-electron chi connectivity index (χ2n) is 7.03. The van der Waals surface area contributed by atoms with Gasteiger partial charge in [-0.05, 0) is 48.4 Å². The molecular formula is C21H24FNO6S. The summed E-state index contributed by atoms with van der Waals surface area (Å²) >= 11 is 0. The van der Waals surface area contributed by atoms with Gasteiger partial charge in [0.15, 0.2) is 21.3 Å². The lowest BCUT2D eigenvalue weighted by molar-refractivity contribution is 0.0680. The molecule has 1 aliphatic rings. The Bertz CT molecular complexity index is 997. The van der Waals surface area contributed by atoms with Crippen molar-refractivity contribution >= 4 is 15.7 Å². The molecule has 0 saturated carbocycles. The van der Waals surface area contributed by atoms with Gasteiger partial charge in [-0.2, -0.15) is 0 Å². The van der Waals surface area contributed by atoms with Crippen molar-refractivity contribution < 1.29 is 31.8 Å². The third-order valence-electron chi connectivity index (χ3n) is 5.08. The monoisotopic (exact) mass is 437 g/mol. The maximum Gasteiger partial charge on any atom is 0.254 e. The van der Waals surface area contributed by atoms with Crippen LogP contribution < -0.4 is 14.2 Å². The van der Waals surface area contributed by atoms with E-state index in [4.69, 9.17) is 14.2 Å². The van der Waals surface area contributed by atoms with Gasteiger partial charge in [0.25, 0.3) is 5.91 Å². The minimum Gasteiger partial charge on any atom is -0.493 e. The number of carbonyl (C=O) groups is 1. The van der Waals surface area contributed by atoms with Gasteiger partial charge in [-0.1, -0.05) is 0 Å². The number of methoxy groups -OCH3 is 3. The lowest BCUT2D eigenvalue weighted by Crippen LogP contribution is -2.40. The first-order valence-electron chi connectivity index (χ1n) is 9.34. The molecule has 1 atom stereocenters. The topological polar surface area (TPSA) is 82.1 Å². The van der Waals surface area contributed by atoms with Gasteiger partial charge in [-0.25, -0.2) is 12.8 Å². The lowest BCUT2D eigenvalue weighted by atomic mass is 10.1. The minimum absolute atomic E-state index is 0.0279. The molecule has 7 nitrogen and oxygen atoms in total. The first-order chi connectivity index (χ1) is 14.3. The number of nitrogens with zero attached hydrogens (tertiary/aromatic N) is 1. The smallest absolute Gasteiger partial charge is 0.254 e. The van der Waals surface area contributed by atoms with Gasteiger partial charge < -0.3 is 19.1 Å². The van der Waals surface area contributed by atoms with Crippen molar-refractivity contribution in [2.45, 2.75) is 19.0 Å². The van der Waals surface area contributed by atoms with E-state index in [1.54, 1.807) is 12.1 Å². The minimum atomic E-state index is -3.21. The summed E-state index contributed by atoms with van der Waals surface area (Å²) in [6.45, 7) is 0.132. The Labute approximate surface area is 175 Å². The van der Waals surface area contributed by atoms with Crippen LogP contribution in [0.1, 0.15) is 22.3 Å². The maximum atomic E-state index is 13.3. The van der Waals surface area contributed by atoms with E-state index in [9.17, 15) is 17.6 Å². The molecule has 9 heteroatoms. The molecule has 1 fully saturated rings. The largest absolute Gasteiger partial charge is 0.493 e. The summed E-state index contributed by atoms with van der Waals surface area (Å²) in [7, 11) is 1.26. The Kier molecular flexibility index (Phi) is 6.50. The van der Waals surface area contributed by atoms with Crippen molar-refractivity contribution in [3.05, 3.63) is 53.3 Å². The van der Waals surface area contributed by atoms with Crippen molar-refractivity contribution in [3.63, 3.8) is 0 Å². The molecule has 2 aromatic rings. The lowest BCUT2D eigenvalue weighted by Gasteiger charge is -2.29. The number of carbonyl (C=O) groups excluding carboxylic acids is 1. The van der Waals surface area contributed by atoms with E-state index in [0.29, 0.717) is 29.2 Å². The molecule has 0 aliphatic carbocycles. The Morgan fingerprint density at radius 2 is 1.67 bits per heavy atom. The number of benzene rings is 2. The second-order valence-corrected chi connectivity index (χ2v) is 9.26. The van der Waals surface area contributed by atoms with Crippen molar-refractivity contribution in [2.24, 2.45) is 0 Å². The Morgan fingerprint density at radius 1 is 1.07 bits per heavy atom. The van der Waals surface area contributed by atoms with E-state index in [2.05, 4.69) is 0 Å². The average molecular weight is 437 g/mol. The molecule has 3 rings (SSSR count). The zero-order valence-corrected chi connectivity index (χ0v) is 17.9.